The van der Waals surface area contributed by atoms with E-state index >= 15 is 0 Å². The Morgan fingerprint density at radius 2 is 1.68 bits per heavy atom. The zero-order valence-corrected chi connectivity index (χ0v) is 13.7. The van der Waals surface area contributed by atoms with Crippen molar-refractivity contribution in [2.75, 3.05) is 20.1 Å². The Kier molecular flexibility index (Phi) is 6.82. The summed E-state index contributed by atoms with van der Waals surface area (Å²) in [5.74, 6) is 0.402. The molecule has 0 aliphatic rings. The van der Waals surface area contributed by atoms with E-state index in [1.807, 2.05) is 20.8 Å². The van der Waals surface area contributed by atoms with Crippen LogP contribution in [0.5, 0.6) is 0 Å². The van der Waals surface area contributed by atoms with E-state index in [9.17, 15) is 9.18 Å². The average molecular weight is 308 g/mol. The molecule has 0 fully saturated rings. The summed E-state index contributed by atoms with van der Waals surface area (Å²) < 4.78 is 12.8. The van der Waals surface area contributed by atoms with Crippen LogP contribution in [0.25, 0.3) is 0 Å². The van der Waals surface area contributed by atoms with Crippen LogP contribution in [0.4, 0.5) is 4.39 Å². The lowest BCUT2D eigenvalue weighted by molar-refractivity contribution is -0.128. The van der Waals surface area contributed by atoms with E-state index in [-0.39, 0.29) is 17.1 Å². The minimum absolute atomic E-state index is 0.0172. The molecule has 3 N–H and O–H groups in total. The zero-order chi connectivity index (χ0) is 16.6. The second-order valence-electron chi connectivity index (χ2n) is 5.98. The van der Waals surface area contributed by atoms with Gasteiger partial charge in [-0.05, 0) is 17.7 Å². The predicted octanol–water partition coefficient (Wildman–Crippen LogP) is 1.65. The van der Waals surface area contributed by atoms with Gasteiger partial charge in [0.25, 0.3) is 0 Å². The average Bonchev–Trinajstić information content (AvgIpc) is 2.47. The van der Waals surface area contributed by atoms with Crippen molar-refractivity contribution >= 4 is 11.9 Å². The Morgan fingerprint density at radius 3 is 2.23 bits per heavy atom. The van der Waals surface area contributed by atoms with Gasteiger partial charge in [0.2, 0.25) is 5.91 Å². The summed E-state index contributed by atoms with van der Waals surface area (Å²) in [7, 11) is 1.67. The first-order valence-electron chi connectivity index (χ1n) is 7.30. The van der Waals surface area contributed by atoms with Gasteiger partial charge < -0.3 is 16.0 Å². The lowest BCUT2D eigenvalue weighted by Gasteiger charge is -2.18. The van der Waals surface area contributed by atoms with Gasteiger partial charge in [-0.25, -0.2) is 4.39 Å². The van der Waals surface area contributed by atoms with Gasteiger partial charge in [0.05, 0.1) is 0 Å². The maximum absolute atomic E-state index is 12.8. The van der Waals surface area contributed by atoms with E-state index in [4.69, 9.17) is 0 Å². The standard InChI is InChI=1S/C16H25FN4O/c1-16(2,3)14(22)19-9-10-20-15(18-4)21-11-12-5-7-13(17)8-6-12/h5-8H,9-11H2,1-4H3,(H,19,22)(H2,18,20,21). The van der Waals surface area contributed by atoms with Crippen molar-refractivity contribution in [1.29, 1.82) is 0 Å². The predicted molar refractivity (Wildman–Crippen MR) is 87.1 cm³/mol. The summed E-state index contributed by atoms with van der Waals surface area (Å²) in [6, 6.07) is 6.29. The third-order valence-corrected chi connectivity index (χ3v) is 2.98. The lowest BCUT2D eigenvalue weighted by atomic mass is 9.96. The smallest absolute Gasteiger partial charge is 0.225 e. The maximum atomic E-state index is 12.8. The fraction of sp³-hybridized carbons (Fsp3) is 0.500. The number of hydrogen-bond acceptors (Lipinski definition) is 2. The molecule has 0 aliphatic carbocycles. The molecule has 1 amide bonds. The molecule has 0 aromatic heterocycles. The number of carbonyl (C=O) groups is 1. The van der Waals surface area contributed by atoms with E-state index in [1.165, 1.54) is 12.1 Å². The number of nitrogens with one attached hydrogen (secondary N) is 3. The van der Waals surface area contributed by atoms with E-state index < -0.39 is 0 Å². The first kappa shape index (κ1) is 17.9. The molecule has 0 spiro atoms. The third kappa shape index (κ3) is 6.56. The topological polar surface area (TPSA) is 65.5 Å². The van der Waals surface area contributed by atoms with Crippen molar-refractivity contribution in [1.82, 2.24) is 16.0 Å². The Labute approximate surface area is 131 Å². The van der Waals surface area contributed by atoms with Crippen LogP contribution in [0.2, 0.25) is 0 Å². The molecule has 5 nitrogen and oxygen atoms in total. The monoisotopic (exact) mass is 308 g/mol. The lowest BCUT2D eigenvalue weighted by Crippen LogP contribution is -2.43. The van der Waals surface area contributed by atoms with Crippen LogP contribution in [0.15, 0.2) is 29.3 Å². The number of rotatable bonds is 5. The molecule has 1 aromatic rings. The van der Waals surface area contributed by atoms with E-state index in [0.29, 0.717) is 25.6 Å². The van der Waals surface area contributed by atoms with Gasteiger partial charge in [0, 0.05) is 32.1 Å². The maximum Gasteiger partial charge on any atom is 0.225 e. The highest BCUT2D eigenvalue weighted by Gasteiger charge is 2.20. The van der Waals surface area contributed by atoms with Gasteiger partial charge in [-0.1, -0.05) is 32.9 Å². The highest BCUT2D eigenvalue weighted by atomic mass is 19.1. The number of carbonyl (C=O) groups excluding carboxylic acids is 1. The Balaban J connectivity index is 2.28. The van der Waals surface area contributed by atoms with E-state index in [0.717, 1.165) is 5.56 Å². The van der Waals surface area contributed by atoms with Crippen LogP contribution < -0.4 is 16.0 Å². The summed E-state index contributed by atoms with van der Waals surface area (Å²) in [6.07, 6.45) is 0. The molecule has 6 heteroatoms. The molecule has 0 radical (unpaired) electrons. The van der Waals surface area contributed by atoms with Crippen LogP contribution in [0.1, 0.15) is 26.3 Å². The van der Waals surface area contributed by atoms with E-state index in [1.54, 1.807) is 19.2 Å². The molecular formula is C16H25FN4O. The highest BCUT2D eigenvalue weighted by molar-refractivity contribution is 5.81. The van der Waals surface area contributed by atoms with Crippen LogP contribution in [0.3, 0.4) is 0 Å². The van der Waals surface area contributed by atoms with Crippen LogP contribution in [-0.4, -0.2) is 32.0 Å². The minimum Gasteiger partial charge on any atom is -0.355 e. The summed E-state index contributed by atoms with van der Waals surface area (Å²) in [6.45, 7) is 7.27. The van der Waals surface area contributed by atoms with Gasteiger partial charge in [0.15, 0.2) is 5.96 Å². The van der Waals surface area contributed by atoms with Crippen LogP contribution in [-0.2, 0) is 11.3 Å². The minimum atomic E-state index is -0.386. The zero-order valence-electron chi connectivity index (χ0n) is 13.7. The Hall–Kier alpha value is -2.11. The number of aliphatic imine (C=N–C) groups is 1. The van der Waals surface area contributed by atoms with Crippen LogP contribution in [0, 0.1) is 11.2 Å². The van der Waals surface area contributed by atoms with Gasteiger partial charge in [-0.2, -0.15) is 0 Å². The first-order valence-corrected chi connectivity index (χ1v) is 7.30. The number of guanidine groups is 1. The van der Waals surface area contributed by atoms with Gasteiger partial charge >= 0.3 is 0 Å². The summed E-state index contributed by atoms with van der Waals surface area (Å²) in [5.41, 5.74) is 0.577. The summed E-state index contributed by atoms with van der Waals surface area (Å²) >= 11 is 0. The molecule has 0 atom stereocenters. The molecule has 0 bridgehead atoms. The number of benzene rings is 1. The van der Waals surface area contributed by atoms with Crippen LogP contribution >= 0.6 is 0 Å². The second-order valence-corrected chi connectivity index (χ2v) is 5.98. The number of hydrogen-bond donors (Lipinski definition) is 3. The Bertz CT molecular complexity index is 506. The fourth-order valence-corrected chi connectivity index (χ4v) is 1.63. The number of nitrogens with zero attached hydrogens (tertiary/aromatic N) is 1. The molecule has 0 unspecified atom stereocenters. The first-order chi connectivity index (χ1) is 10.3. The van der Waals surface area contributed by atoms with Gasteiger partial charge in [0.1, 0.15) is 5.82 Å². The molecule has 22 heavy (non-hydrogen) atoms. The van der Waals surface area contributed by atoms with Crippen molar-refractivity contribution in [2.45, 2.75) is 27.3 Å². The van der Waals surface area contributed by atoms with E-state index in [2.05, 4.69) is 20.9 Å². The molecular weight excluding hydrogens is 283 g/mol. The molecule has 1 aromatic carbocycles. The summed E-state index contributed by atoms with van der Waals surface area (Å²) in [4.78, 5) is 15.8. The third-order valence-electron chi connectivity index (χ3n) is 2.98. The fourth-order valence-electron chi connectivity index (χ4n) is 1.63. The second kappa shape index (κ2) is 8.36. The molecule has 0 aliphatic heterocycles. The highest BCUT2D eigenvalue weighted by Crippen LogP contribution is 2.11. The number of amides is 1. The van der Waals surface area contributed by atoms with Crippen molar-refractivity contribution in [3.05, 3.63) is 35.6 Å². The van der Waals surface area contributed by atoms with Gasteiger partial charge in [-0.3, -0.25) is 9.79 Å². The van der Waals surface area contributed by atoms with Crippen molar-refractivity contribution in [3.63, 3.8) is 0 Å². The molecule has 0 heterocycles. The molecule has 0 saturated heterocycles. The summed E-state index contributed by atoms with van der Waals surface area (Å²) in [5, 5.41) is 9.09. The molecule has 1 rings (SSSR count). The number of halogens is 1. The van der Waals surface area contributed by atoms with Crippen molar-refractivity contribution in [3.8, 4) is 0 Å². The molecule has 122 valence electrons. The normalized spacial score (nSPS) is 12.0. The largest absolute Gasteiger partial charge is 0.355 e. The molecule has 0 saturated carbocycles. The quantitative estimate of drug-likeness (QED) is 0.440. The SMILES string of the molecule is CN=C(NCCNC(=O)C(C)(C)C)NCc1ccc(F)cc1. The van der Waals surface area contributed by atoms with Crippen molar-refractivity contribution < 1.29 is 9.18 Å². The Morgan fingerprint density at radius 1 is 1.09 bits per heavy atom. The van der Waals surface area contributed by atoms with Crippen molar-refractivity contribution in [2.24, 2.45) is 10.4 Å². The van der Waals surface area contributed by atoms with Gasteiger partial charge in [-0.15, -0.1) is 0 Å².